The lowest BCUT2D eigenvalue weighted by Crippen LogP contribution is -2.61. The summed E-state index contributed by atoms with van der Waals surface area (Å²) in [6.07, 6.45) is -4.14. The Bertz CT molecular complexity index is 905. The van der Waals surface area contributed by atoms with Gasteiger partial charge in [-0.15, -0.1) is 0 Å². The van der Waals surface area contributed by atoms with Crippen molar-refractivity contribution in [2.75, 3.05) is 6.61 Å². The first-order valence-corrected chi connectivity index (χ1v) is 16.5. The van der Waals surface area contributed by atoms with Gasteiger partial charge in [-0.1, -0.05) is 37.7 Å². The summed E-state index contributed by atoms with van der Waals surface area (Å²) in [6, 6.07) is 0. The minimum Gasteiger partial charge on any atom is -0.463 e. The number of esters is 4. The van der Waals surface area contributed by atoms with E-state index in [0.717, 1.165) is 25.6 Å². The van der Waals surface area contributed by atoms with Crippen LogP contribution in [0.2, 0.25) is 18.1 Å². The summed E-state index contributed by atoms with van der Waals surface area (Å²) in [7, 11) is -2.02. The number of oxime groups is 1. The average Bonchev–Trinajstić information content (AvgIpc) is 2.76. The SMILES string of the molecule is CC(=O)OC[C@H]1O[C@@H](S/C(CCC(C)O[Si](C)(C)C(C)(C)C)=N\O)[C@H](OC(C)=O)[C@@H](OC(C)=O)[C@@H]1OC(C)=O. The molecule has 0 saturated carbocycles. The van der Waals surface area contributed by atoms with E-state index in [-0.39, 0.29) is 22.8 Å². The summed E-state index contributed by atoms with van der Waals surface area (Å²) in [5.74, 6) is -2.75. The Morgan fingerprint density at radius 1 is 0.923 bits per heavy atom. The molecule has 6 atom stereocenters. The molecule has 1 aliphatic heterocycles. The highest BCUT2D eigenvalue weighted by atomic mass is 32.2. The van der Waals surface area contributed by atoms with E-state index in [4.69, 9.17) is 28.1 Å². The Morgan fingerprint density at radius 2 is 1.44 bits per heavy atom. The van der Waals surface area contributed by atoms with Gasteiger partial charge >= 0.3 is 23.9 Å². The third kappa shape index (κ3) is 11.5. The van der Waals surface area contributed by atoms with Gasteiger partial charge in [0.2, 0.25) is 0 Å². The zero-order valence-electron chi connectivity index (χ0n) is 24.5. The third-order valence-electron chi connectivity index (χ3n) is 6.38. The lowest BCUT2D eigenvalue weighted by Gasteiger charge is -2.44. The minimum absolute atomic E-state index is 0.0261. The molecule has 39 heavy (non-hydrogen) atoms. The van der Waals surface area contributed by atoms with Crippen LogP contribution in [0, 0.1) is 0 Å². The quantitative estimate of drug-likeness (QED) is 0.0704. The lowest BCUT2D eigenvalue weighted by molar-refractivity contribution is -0.237. The second-order valence-corrected chi connectivity index (χ2v) is 16.8. The number of carbonyl (C=O) groups is 4. The maximum Gasteiger partial charge on any atom is 0.303 e. The van der Waals surface area contributed by atoms with Crippen LogP contribution < -0.4 is 0 Å². The first-order chi connectivity index (χ1) is 17.9. The van der Waals surface area contributed by atoms with Crippen LogP contribution in [0.4, 0.5) is 0 Å². The molecular weight excluding hydrogens is 550 g/mol. The molecule has 12 nitrogen and oxygen atoms in total. The topological polar surface area (TPSA) is 156 Å². The number of nitrogens with zero attached hydrogens (tertiary/aromatic N) is 1. The van der Waals surface area contributed by atoms with Gasteiger partial charge < -0.3 is 33.3 Å². The summed E-state index contributed by atoms with van der Waals surface area (Å²) in [5, 5.41) is 13.5. The summed E-state index contributed by atoms with van der Waals surface area (Å²) < 4.78 is 33.8. The van der Waals surface area contributed by atoms with Crippen molar-refractivity contribution in [2.24, 2.45) is 5.16 Å². The Balaban J connectivity index is 3.23. The highest BCUT2D eigenvalue weighted by Gasteiger charge is 2.52. The molecular formula is C25H43NO11SSi. The highest BCUT2D eigenvalue weighted by Crippen LogP contribution is 2.38. The number of hydrogen-bond donors (Lipinski definition) is 1. The van der Waals surface area contributed by atoms with Crippen LogP contribution in [-0.2, 0) is 47.3 Å². The van der Waals surface area contributed by atoms with Gasteiger partial charge in [-0.05, 0) is 31.5 Å². The Morgan fingerprint density at radius 3 is 1.90 bits per heavy atom. The molecule has 0 aromatic rings. The fourth-order valence-corrected chi connectivity index (χ4v) is 6.19. The second kappa shape index (κ2) is 15.0. The predicted molar refractivity (Wildman–Crippen MR) is 146 cm³/mol. The van der Waals surface area contributed by atoms with Gasteiger partial charge in [-0.2, -0.15) is 0 Å². The Kier molecular flexibility index (Phi) is 13.4. The van der Waals surface area contributed by atoms with E-state index in [9.17, 15) is 24.4 Å². The van der Waals surface area contributed by atoms with E-state index in [2.05, 4.69) is 39.0 Å². The molecule has 0 radical (unpaired) electrons. The smallest absolute Gasteiger partial charge is 0.303 e. The van der Waals surface area contributed by atoms with E-state index in [1.165, 1.54) is 13.8 Å². The number of hydrogen-bond acceptors (Lipinski definition) is 13. The molecule has 1 saturated heterocycles. The van der Waals surface area contributed by atoms with Crippen LogP contribution >= 0.6 is 11.8 Å². The lowest BCUT2D eigenvalue weighted by atomic mass is 9.99. The van der Waals surface area contributed by atoms with E-state index >= 15 is 0 Å². The van der Waals surface area contributed by atoms with Gasteiger partial charge in [0.1, 0.15) is 23.2 Å². The van der Waals surface area contributed by atoms with Gasteiger partial charge in [-0.3, -0.25) is 19.2 Å². The van der Waals surface area contributed by atoms with Crippen molar-refractivity contribution >= 4 is 49.0 Å². The van der Waals surface area contributed by atoms with Crippen LogP contribution in [0.25, 0.3) is 0 Å². The maximum atomic E-state index is 12.0. The molecule has 0 aromatic carbocycles. The van der Waals surface area contributed by atoms with Gasteiger partial charge in [0, 0.05) is 40.2 Å². The van der Waals surface area contributed by atoms with Crippen molar-refractivity contribution in [3.05, 3.63) is 0 Å². The third-order valence-corrected chi connectivity index (χ3v) is 12.2. The number of carbonyl (C=O) groups excluding carboxylic acids is 4. The van der Waals surface area contributed by atoms with Gasteiger partial charge in [0.25, 0.3) is 0 Å². The molecule has 0 aliphatic carbocycles. The second-order valence-electron chi connectivity index (χ2n) is 10.9. The van der Waals surface area contributed by atoms with E-state index in [0.29, 0.717) is 12.8 Å². The van der Waals surface area contributed by atoms with E-state index in [1.54, 1.807) is 0 Å². The number of thioether (sulfide) groups is 1. The summed E-state index contributed by atoms with van der Waals surface area (Å²) >= 11 is 0.955. The van der Waals surface area contributed by atoms with Crippen molar-refractivity contribution in [3.8, 4) is 0 Å². The first kappa shape index (κ1) is 34.9. The Hall–Kier alpha value is -2.16. The first-order valence-electron chi connectivity index (χ1n) is 12.7. The zero-order valence-corrected chi connectivity index (χ0v) is 26.3. The van der Waals surface area contributed by atoms with Crippen molar-refractivity contribution in [3.63, 3.8) is 0 Å². The van der Waals surface area contributed by atoms with Gasteiger partial charge in [-0.25, -0.2) is 0 Å². The van der Waals surface area contributed by atoms with E-state index < -0.39 is 62.0 Å². The fourth-order valence-electron chi connectivity index (χ4n) is 3.62. The van der Waals surface area contributed by atoms with Crippen molar-refractivity contribution in [1.29, 1.82) is 0 Å². The molecule has 1 unspecified atom stereocenters. The molecule has 1 rings (SSSR count). The molecule has 1 N–H and O–H groups in total. The number of rotatable bonds is 11. The molecule has 0 spiro atoms. The van der Waals surface area contributed by atoms with Crippen molar-refractivity contribution < 1.29 is 52.5 Å². The van der Waals surface area contributed by atoms with E-state index in [1.807, 2.05) is 6.92 Å². The molecule has 0 bridgehead atoms. The summed E-state index contributed by atoms with van der Waals surface area (Å²) in [6.45, 7) is 17.0. The maximum absolute atomic E-state index is 12.0. The molecule has 1 heterocycles. The molecule has 1 fully saturated rings. The van der Waals surface area contributed by atoms with Crippen LogP contribution in [0.5, 0.6) is 0 Å². The molecule has 0 aromatic heterocycles. The van der Waals surface area contributed by atoms with Crippen LogP contribution in [0.3, 0.4) is 0 Å². The standard InChI is InChI=1S/C25H43NO11SSi/c1-14(37-39(9,10)25(6,7)8)11-12-20(26-31)38-24-23(35-18(5)30)22(34-17(4)29)21(33-16(3)28)19(36-24)13-32-15(2)27/h14,19,21-24,31H,11-13H2,1-10H3/b26-20-/t14?,19-,21-,22+,23-,24+/m1/s1. The highest BCUT2D eigenvalue weighted by molar-refractivity contribution is 8.14. The van der Waals surface area contributed by atoms with Crippen LogP contribution in [-0.4, -0.2) is 85.0 Å². The molecule has 0 amide bonds. The van der Waals surface area contributed by atoms with Gasteiger partial charge in [0.05, 0.1) is 0 Å². The monoisotopic (exact) mass is 593 g/mol. The summed E-state index contributed by atoms with van der Waals surface area (Å²) in [4.78, 5) is 47.3. The molecule has 1 aliphatic rings. The number of ether oxygens (including phenoxy) is 5. The minimum atomic E-state index is -2.02. The normalized spacial score (nSPS) is 24.9. The zero-order chi connectivity index (χ0) is 30.1. The largest absolute Gasteiger partial charge is 0.463 e. The predicted octanol–water partition coefficient (Wildman–Crippen LogP) is 3.78. The van der Waals surface area contributed by atoms with Gasteiger partial charge in [0.15, 0.2) is 26.6 Å². The van der Waals surface area contributed by atoms with Crippen LogP contribution in [0.1, 0.15) is 68.2 Å². The fraction of sp³-hybridized carbons (Fsp3) is 0.800. The van der Waals surface area contributed by atoms with Crippen molar-refractivity contribution in [1.82, 2.24) is 0 Å². The summed E-state index contributed by atoms with van der Waals surface area (Å²) in [5.41, 5.74) is -1.06. The van der Waals surface area contributed by atoms with Crippen LogP contribution in [0.15, 0.2) is 5.16 Å². The van der Waals surface area contributed by atoms with Crippen molar-refractivity contribution in [2.45, 2.75) is 122 Å². The Labute approximate surface area is 235 Å². The molecule has 224 valence electrons. The average molecular weight is 594 g/mol. The molecule has 14 heteroatoms.